The number of carbonyl (C=O) groups excluding carboxylic acids is 1. The van der Waals surface area contributed by atoms with E-state index in [9.17, 15) is 17.6 Å². The lowest BCUT2D eigenvalue weighted by atomic mass is 10.2. The Balaban J connectivity index is 2.41. The molecule has 2 aromatic carbocycles. The maximum absolute atomic E-state index is 14.5. The molecule has 0 aliphatic rings. The van der Waals surface area contributed by atoms with Crippen molar-refractivity contribution in [1.29, 1.82) is 0 Å². The Hall–Kier alpha value is -2.47. The van der Waals surface area contributed by atoms with Gasteiger partial charge in [0.25, 0.3) is 10.0 Å². The number of benzene rings is 2. The Labute approximate surface area is 133 Å². The highest BCUT2D eigenvalue weighted by atomic mass is 32.2. The van der Waals surface area contributed by atoms with Crippen LogP contribution in [0.5, 0.6) is 0 Å². The summed E-state index contributed by atoms with van der Waals surface area (Å²) in [6.45, 7) is 2.99. The van der Waals surface area contributed by atoms with E-state index in [-0.39, 0.29) is 15.8 Å². The van der Waals surface area contributed by atoms with E-state index in [1.165, 1.54) is 24.3 Å². The summed E-state index contributed by atoms with van der Waals surface area (Å²) in [4.78, 5) is 11.9. The van der Waals surface area contributed by atoms with Crippen molar-refractivity contribution < 1.29 is 17.6 Å². The van der Waals surface area contributed by atoms with E-state index in [0.29, 0.717) is 0 Å². The van der Waals surface area contributed by atoms with Gasteiger partial charge in [0.15, 0.2) is 11.6 Å². The minimum absolute atomic E-state index is 0.00588. The molecule has 23 heavy (non-hydrogen) atoms. The number of Topliss-reactive ketones (excluding diaryl/α,β-unsaturated/α-hetero) is 1. The quantitative estimate of drug-likeness (QED) is 0.690. The summed E-state index contributed by atoms with van der Waals surface area (Å²) in [7, 11) is -4.08. The fraction of sp³-hybridized carbons (Fsp3) is 0.118. The fourth-order valence-corrected chi connectivity index (χ4v) is 4.09. The predicted molar refractivity (Wildman–Crippen MR) is 85.7 cm³/mol. The van der Waals surface area contributed by atoms with E-state index >= 15 is 0 Å². The Morgan fingerprint density at radius 1 is 1.04 bits per heavy atom. The highest BCUT2D eigenvalue weighted by Gasteiger charge is 2.29. The number of hydrogen-bond donors (Lipinski definition) is 0. The number of halogens is 1. The zero-order valence-electron chi connectivity index (χ0n) is 12.6. The molecular formula is C17H14FNO3S. The van der Waals surface area contributed by atoms with Crippen LogP contribution in [0.2, 0.25) is 0 Å². The maximum Gasteiger partial charge on any atom is 0.268 e. The molecule has 0 N–H and O–H groups in total. The van der Waals surface area contributed by atoms with Gasteiger partial charge in [0, 0.05) is 12.3 Å². The summed E-state index contributed by atoms with van der Waals surface area (Å²) in [5.74, 6) is -1.46. The van der Waals surface area contributed by atoms with Crippen LogP contribution >= 0.6 is 0 Å². The summed E-state index contributed by atoms with van der Waals surface area (Å²) in [5.41, 5.74) is 0.599. The van der Waals surface area contributed by atoms with Crippen molar-refractivity contribution in [3.05, 3.63) is 65.6 Å². The molecule has 0 fully saturated rings. The Kier molecular flexibility index (Phi) is 3.56. The molecule has 1 aromatic heterocycles. The second-order valence-corrected chi connectivity index (χ2v) is 7.11. The van der Waals surface area contributed by atoms with Gasteiger partial charge < -0.3 is 0 Å². The molecular weight excluding hydrogens is 317 g/mol. The number of ketones is 1. The van der Waals surface area contributed by atoms with Crippen molar-refractivity contribution in [3.63, 3.8) is 0 Å². The van der Waals surface area contributed by atoms with E-state index in [0.717, 1.165) is 16.5 Å². The third-order valence-corrected chi connectivity index (χ3v) is 5.39. The number of hydrogen-bond acceptors (Lipinski definition) is 3. The minimum atomic E-state index is -4.08. The van der Waals surface area contributed by atoms with E-state index in [4.69, 9.17) is 0 Å². The average molecular weight is 331 g/mol. The zero-order chi connectivity index (χ0) is 16.8. The Morgan fingerprint density at radius 3 is 2.26 bits per heavy atom. The van der Waals surface area contributed by atoms with Gasteiger partial charge in [-0.05, 0) is 31.2 Å². The second kappa shape index (κ2) is 5.31. The normalized spacial score (nSPS) is 11.8. The zero-order valence-corrected chi connectivity index (χ0v) is 13.4. The van der Waals surface area contributed by atoms with Crippen molar-refractivity contribution >= 4 is 26.7 Å². The average Bonchev–Trinajstić information content (AvgIpc) is 2.82. The molecule has 6 heteroatoms. The van der Waals surface area contributed by atoms with Crippen LogP contribution in [0.15, 0.2) is 53.4 Å². The van der Waals surface area contributed by atoms with E-state index in [1.54, 1.807) is 24.3 Å². The molecule has 0 unspecified atom stereocenters. The molecule has 0 saturated carbocycles. The predicted octanol–water partition coefficient (Wildman–Crippen LogP) is 3.53. The first kappa shape index (κ1) is 15.4. The molecule has 0 spiro atoms. The van der Waals surface area contributed by atoms with E-state index in [1.807, 2.05) is 6.92 Å². The van der Waals surface area contributed by atoms with E-state index < -0.39 is 27.3 Å². The number of nitrogens with zero attached hydrogens (tertiary/aromatic N) is 1. The smallest absolute Gasteiger partial charge is 0.268 e. The Bertz CT molecular complexity index is 1020. The van der Waals surface area contributed by atoms with Gasteiger partial charge in [-0.3, -0.25) is 4.79 Å². The first-order valence-corrected chi connectivity index (χ1v) is 8.40. The van der Waals surface area contributed by atoms with Crippen LogP contribution in [0.4, 0.5) is 4.39 Å². The molecule has 0 saturated heterocycles. The third kappa shape index (κ3) is 2.35. The van der Waals surface area contributed by atoms with E-state index in [2.05, 4.69) is 0 Å². The first-order chi connectivity index (χ1) is 10.8. The molecule has 0 radical (unpaired) electrons. The van der Waals surface area contributed by atoms with Crippen LogP contribution in [0.25, 0.3) is 10.9 Å². The topological polar surface area (TPSA) is 56.1 Å². The number of aryl methyl sites for hydroxylation is 1. The molecule has 0 aliphatic carbocycles. The third-order valence-electron chi connectivity index (χ3n) is 3.66. The molecule has 118 valence electrons. The highest BCUT2D eigenvalue weighted by molar-refractivity contribution is 7.90. The number of rotatable bonds is 3. The van der Waals surface area contributed by atoms with Gasteiger partial charge in [-0.2, -0.15) is 0 Å². The largest absolute Gasteiger partial charge is 0.293 e. The maximum atomic E-state index is 14.5. The van der Waals surface area contributed by atoms with Gasteiger partial charge >= 0.3 is 0 Å². The van der Waals surface area contributed by atoms with Gasteiger partial charge in [-0.25, -0.2) is 16.8 Å². The lowest BCUT2D eigenvalue weighted by Gasteiger charge is -2.10. The van der Waals surface area contributed by atoms with Crippen molar-refractivity contribution in [2.45, 2.75) is 18.7 Å². The van der Waals surface area contributed by atoms with Gasteiger partial charge in [0.05, 0.1) is 10.4 Å². The van der Waals surface area contributed by atoms with Crippen molar-refractivity contribution in [2.24, 2.45) is 0 Å². The summed E-state index contributed by atoms with van der Waals surface area (Å²) in [5, 5.41) is 0.105. The van der Waals surface area contributed by atoms with Gasteiger partial charge in [-0.1, -0.05) is 29.8 Å². The summed E-state index contributed by atoms with van der Waals surface area (Å²) < 4.78 is 41.2. The molecule has 0 atom stereocenters. The van der Waals surface area contributed by atoms with Crippen LogP contribution in [-0.2, 0) is 10.0 Å². The van der Waals surface area contributed by atoms with Crippen LogP contribution in [-0.4, -0.2) is 18.2 Å². The lowest BCUT2D eigenvalue weighted by molar-refractivity contribution is 0.100. The number of para-hydroxylation sites is 1. The highest BCUT2D eigenvalue weighted by Crippen LogP contribution is 2.29. The summed E-state index contributed by atoms with van der Waals surface area (Å²) in [6, 6.07) is 12.3. The minimum Gasteiger partial charge on any atom is -0.293 e. The van der Waals surface area contributed by atoms with Crippen LogP contribution in [0, 0.1) is 12.7 Å². The van der Waals surface area contributed by atoms with Crippen LogP contribution in [0.1, 0.15) is 23.0 Å². The standard InChI is InChI=1S/C17H14FNO3S/c1-11-7-9-13(10-8-11)23(21,22)19-15-6-4-3-5-14(15)16(18)17(19)12(2)20/h3-10H,1-2H3. The molecule has 0 amide bonds. The molecule has 3 rings (SSSR count). The second-order valence-electron chi connectivity index (χ2n) is 5.32. The van der Waals surface area contributed by atoms with Crippen molar-refractivity contribution in [2.75, 3.05) is 0 Å². The number of aromatic nitrogens is 1. The monoisotopic (exact) mass is 331 g/mol. The SMILES string of the molecule is CC(=O)c1c(F)c2ccccc2n1S(=O)(=O)c1ccc(C)cc1. The molecule has 0 bridgehead atoms. The van der Waals surface area contributed by atoms with Crippen LogP contribution in [0.3, 0.4) is 0 Å². The molecule has 1 heterocycles. The summed E-state index contributed by atoms with van der Waals surface area (Å²) in [6.07, 6.45) is 0. The van der Waals surface area contributed by atoms with Crippen molar-refractivity contribution in [1.82, 2.24) is 3.97 Å². The molecule has 3 aromatic rings. The lowest BCUT2D eigenvalue weighted by Crippen LogP contribution is -2.18. The molecule has 0 aliphatic heterocycles. The van der Waals surface area contributed by atoms with Crippen LogP contribution < -0.4 is 0 Å². The number of carbonyl (C=O) groups is 1. The molecule has 4 nitrogen and oxygen atoms in total. The summed E-state index contributed by atoms with van der Waals surface area (Å²) >= 11 is 0. The Morgan fingerprint density at radius 2 is 1.65 bits per heavy atom. The number of fused-ring (bicyclic) bond motifs is 1. The van der Waals surface area contributed by atoms with Crippen molar-refractivity contribution in [3.8, 4) is 0 Å². The van der Waals surface area contributed by atoms with Gasteiger partial charge in [0.1, 0.15) is 5.69 Å². The van der Waals surface area contributed by atoms with Gasteiger partial charge in [0.2, 0.25) is 0 Å². The first-order valence-electron chi connectivity index (χ1n) is 6.96. The fourth-order valence-electron chi connectivity index (χ4n) is 2.54. The van der Waals surface area contributed by atoms with Gasteiger partial charge in [-0.15, -0.1) is 0 Å².